The molecule has 0 saturated heterocycles. The van der Waals surface area contributed by atoms with Crippen LogP contribution in [-0.2, 0) is 0 Å². The summed E-state index contributed by atoms with van der Waals surface area (Å²) in [5.41, 5.74) is 3.63. The minimum Gasteiger partial charge on any atom is -0.264 e. The van der Waals surface area contributed by atoms with Gasteiger partial charge in [0, 0.05) is 46.3 Å². The highest BCUT2D eigenvalue weighted by Crippen LogP contribution is 2.29. The van der Waals surface area contributed by atoms with E-state index in [1.807, 2.05) is 36.8 Å². The first kappa shape index (κ1) is 15.2. The lowest BCUT2D eigenvalue weighted by Crippen LogP contribution is -1.91. The molecule has 0 unspecified atom stereocenters. The number of rotatable bonds is 1. The van der Waals surface area contributed by atoms with Crippen molar-refractivity contribution in [2.24, 2.45) is 0 Å². The molecule has 6 rings (SSSR count). The first-order chi connectivity index (χ1) is 13.9. The molecule has 28 heavy (non-hydrogen) atoms. The van der Waals surface area contributed by atoms with Gasteiger partial charge in [-0.1, -0.05) is 36.4 Å². The Labute approximate surface area is 160 Å². The highest BCUT2D eigenvalue weighted by molar-refractivity contribution is 6.06. The average molecular weight is 358 g/mol. The van der Waals surface area contributed by atoms with Gasteiger partial charge in [-0.3, -0.25) is 15.0 Å². The molecule has 0 aliphatic carbocycles. The van der Waals surface area contributed by atoms with Crippen LogP contribution in [0.4, 0.5) is 0 Å². The van der Waals surface area contributed by atoms with Gasteiger partial charge in [0.15, 0.2) is 0 Å². The second kappa shape index (κ2) is 5.79. The lowest BCUT2D eigenvalue weighted by Gasteiger charge is -2.07. The molecule has 2 aromatic carbocycles. The van der Waals surface area contributed by atoms with E-state index in [1.165, 1.54) is 0 Å². The molecule has 0 bridgehead atoms. The largest absolute Gasteiger partial charge is 0.264 e. The van der Waals surface area contributed by atoms with Crippen LogP contribution < -0.4 is 0 Å². The third kappa shape index (κ3) is 2.25. The van der Waals surface area contributed by atoms with Crippen LogP contribution in [0.5, 0.6) is 0 Å². The third-order valence-corrected chi connectivity index (χ3v) is 5.21. The predicted molar refractivity (Wildman–Crippen MR) is 113 cm³/mol. The Morgan fingerprint density at radius 1 is 0.536 bits per heavy atom. The smallest absolute Gasteiger partial charge is 0.0894 e. The molecule has 6 aromatic rings. The molecule has 4 heteroatoms. The normalized spacial score (nSPS) is 11.6. The maximum Gasteiger partial charge on any atom is 0.0894 e. The van der Waals surface area contributed by atoms with Crippen LogP contribution in [0.25, 0.3) is 54.7 Å². The van der Waals surface area contributed by atoms with Crippen LogP contribution in [0.3, 0.4) is 0 Å². The number of pyridine rings is 4. The van der Waals surface area contributed by atoms with Crippen molar-refractivity contribution in [3.63, 3.8) is 0 Å². The van der Waals surface area contributed by atoms with Crippen LogP contribution in [-0.4, -0.2) is 19.9 Å². The Bertz CT molecular complexity index is 1520. The predicted octanol–water partition coefficient (Wildman–Crippen LogP) is 5.55. The van der Waals surface area contributed by atoms with Crippen molar-refractivity contribution in [2.45, 2.75) is 0 Å². The number of aromatic nitrogens is 4. The molecule has 0 fully saturated rings. The van der Waals surface area contributed by atoms with Gasteiger partial charge in [0.25, 0.3) is 0 Å². The quantitative estimate of drug-likeness (QED) is 0.362. The highest BCUT2D eigenvalue weighted by Gasteiger charge is 2.09. The number of fused-ring (bicyclic) bond motifs is 6. The van der Waals surface area contributed by atoms with Gasteiger partial charge in [0.05, 0.1) is 22.4 Å². The third-order valence-electron chi connectivity index (χ3n) is 5.21. The molecular formula is C24H14N4. The Kier molecular flexibility index (Phi) is 3.14. The number of benzene rings is 2. The molecule has 4 nitrogen and oxygen atoms in total. The molecular weight excluding hydrogens is 344 g/mol. The summed E-state index contributed by atoms with van der Waals surface area (Å²) >= 11 is 0. The van der Waals surface area contributed by atoms with Gasteiger partial charge in [0.2, 0.25) is 0 Å². The SMILES string of the molecule is c1cnc2c(c1)ccc1cc(-c3ccc4ccc5ccncc5c4n3)ncc12. The fourth-order valence-electron chi connectivity index (χ4n) is 3.79. The van der Waals surface area contributed by atoms with Gasteiger partial charge in [-0.2, -0.15) is 0 Å². The summed E-state index contributed by atoms with van der Waals surface area (Å²) in [4.78, 5) is 18.4. The zero-order valence-corrected chi connectivity index (χ0v) is 14.9. The second-order valence-corrected chi connectivity index (χ2v) is 6.86. The summed E-state index contributed by atoms with van der Waals surface area (Å²) in [6, 6.07) is 20.7. The zero-order chi connectivity index (χ0) is 18.5. The van der Waals surface area contributed by atoms with E-state index in [0.29, 0.717) is 0 Å². The van der Waals surface area contributed by atoms with Crippen molar-refractivity contribution in [3.05, 3.63) is 85.5 Å². The Balaban J connectivity index is 1.59. The van der Waals surface area contributed by atoms with Gasteiger partial charge in [0.1, 0.15) is 0 Å². The molecule has 4 heterocycles. The number of hydrogen-bond donors (Lipinski definition) is 0. The van der Waals surface area contributed by atoms with Crippen LogP contribution in [0, 0.1) is 0 Å². The Hall–Kier alpha value is -3.92. The molecule has 0 aliphatic rings. The first-order valence-corrected chi connectivity index (χ1v) is 9.14. The maximum absolute atomic E-state index is 4.92. The molecule has 0 amide bonds. The molecule has 0 atom stereocenters. The second-order valence-electron chi connectivity index (χ2n) is 6.86. The number of hydrogen-bond acceptors (Lipinski definition) is 4. The van der Waals surface area contributed by atoms with E-state index in [4.69, 9.17) is 9.97 Å². The van der Waals surface area contributed by atoms with E-state index < -0.39 is 0 Å². The van der Waals surface area contributed by atoms with Gasteiger partial charge in [-0.25, -0.2) is 4.98 Å². The van der Waals surface area contributed by atoms with Crippen LogP contribution in [0.15, 0.2) is 85.5 Å². The summed E-state index contributed by atoms with van der Waals surface area (Å²) in [6.45, 7) is 0. The molecule has 4 aromatic heterocycles. The van der Waals surface area contributed by atoms with Gasteiger partial charge >= 0.3 is 0 Å². The molecule has 130 valence electrons. The van der Waals surface area contributed by atoms with E-state index in [1.54, 1.807) is 6.20 Å². The van der Waals surface area contributed by atoms with Gasteiger partial charge in [-0.15, -0.1) is 0 Å². The lowest BCUT2D eigenvalue weighted by atomic mass is 10.1. The van der Waals surface area contributed by atoms with Gasteiger partial charge < -0.3 is 0 Å². The summed E-state index contributed by atoms with van der Waals surface area (Å²) in [7, 11) is 0. The van der Waals surface area contributed by atoms with Crippen LogP contribution in [0.2, 0.25) is 0 Å². The Morgan fingerprint density at radius 3 is 2.29 bits per heavy atom. The van der Waals surface area contributed by atoms with Gasteiger partial charge in [-0.05, 0) is 35.0 Å². The van der Waals surface area contributed by atoms with E-state index >= 15 is 0 Å². The topological polar surface area (TPSA) is 51.6 Å². The zero-order valence-electron chi connectivity index (χ0n) is 14.9. The fourth-order valence-corrected chi connectivity index (χ4v) is 3.79. The summed E-state index contributed by atoms with van der Waals surface area (Å²) in [5.74, 6) is 0. The van der Waals surface area contributed by atoms with Crippen molar-refractivity contribution in [1.29, 1.82) is 0 Å². The first-order valence-electron chi connectivity index (χ1n) is 9.14. The molecule has 0 aliphatic heterocycles. The minimum atomic E-state index is 0.852. The van der Waals surface area contributed by atoms with Crippen molar-refractivity contribution in [3.8, 4) is 11.4 Å². The van der Waals surface area contributed by atoms with Crippen molar-refractivity contribution in [2.75, 3.05) is 0 Å². The summed E-state index contributed by atoms with van der Waals surface area (Å²) in [6.07, 6.45) is 7.40. The van der Waals surface area contributed by atoms with Crippen molar-refractivity contribution in [1.82, 2.24) is 19.9 Å². The summed E-state index contributed by atoms with van der Waals surface area (Å²) < 4.78 is 0. The maximum atomic E-state index is 4.92. The highest BCUT2D eigenvalue weighted by atomic mass is 14.8. The van der Waals surface area contributed by atoms with Crippen LogP contribution >= 0.6 is 0 Å². The van der Waals surface area contributed by atoms with E-state index in [-0.39, 0.29) is 0 Å². The molecule has 0 radical (unpaired) electrons. The standard InChI is InChI=1S/C24H14N4/c1-2-16-5-6-18-12-22(27-14-20(18)23(16)26-10-1)21-8-7-17-4-3-15-9-11-25-13-19(15)24(17)28-21/h1-14H. The average Bonchev–Trinajstić information content (AvgIpc) is 2.78. The van der Waals surface area contributed by atoms with E-state index in [2.05, 4.69) is 52.4 Å². The molecule has 0 N–H and O–H groups in total. The van der Waals surface area contributed by atoms with E-state index in [0.717, 1.165) is 54.7 Å². The van der Waals surface area contributed by atoms with E-state index in [9.17, 15) is 0 Å². The monoisotopic (exact) mass is 358 g/mol. The van der Waals surface area contributed by atoms with Crippen molar-refractivity contribution < 1.29 is 0 Å². The molecule has 0 saturated carbocycles. The van der Waals surface area contributed by atoms with Crippen molar-refractivity contribution >= 4 is 43.4 Å². The Morgan fingerprint density at radius 2 is 1.32 bits per heavy atom. The summed E-state index contributed by atoms with van der Waals surface area (Å²) in [5, 5.41) is 6.57. The number of nitrogens with zero attached hydrogens (tertiary/aromatic N) is 4. The minimum absolute atomic E-state index is 0.852. The lowest BCUT2D eigenvalue weighted by molar-refractivity contribution is 1.29. The molecule has 0 spiro atoms. The van der Waals surface area contributed by atoms with Crippen LogP contribution in [0.1, 0.15) is 0 Å². The fraction of sp³-hybridized carbons (Fsp3) is 0.